The van der Waals surface area contributed by atoms with E-state index in [1.165, 1.54) is 6.26 Å². The van der Waals surface area contributed by atoms with Crippen LogP contribution in [0, 0.1) is 0 Å². The fourth-order valence-corrected chi connectivity index (χ4v) is 1.10. The zero-order chi connectivity index (χ0) is 9.26. The van der Waals surface area contributed by atoms with E-state index >= 15 is 0 Å². The molecule has 68 valence electrons. The number of nitrogens with zero attached hydrogens (tertiary/aromatic N) is 4. The Bertz CT molecular complexity index is 391. The van der Waals surface area contributed by atoms with Crippen molar-refractivity contribution in [3.8, 4) is 11.5 Å². The number of hydrogen-bond acceptors (Lipinski definition) is 5. The second kappa shape index (κ2) is 2.89. The number of nitrogens with one attached hydrogen (secondary N) is 1. The van der Waals surface area contributed by atoms with Gasteiger partial charge in [-0.3, -0.25) is 4.57 Å². The topological polar surface area (TPSA) is 68.8 Å². The second-order valence-electron chi connectivity index (χ2n) is 2.54. The average molecular weight is 179 g/mol. The van der Waals surface area contributed by atoms with Crippen molar-refractivity contribution >= 4 is 5.95 Å². The third-order valence-corrected chi connectivity index (χ3v) is 1.77. The second-order valence-corrected chi connectivity index (χ2v) is 2.54. The zero-order valence-corrected chi connectivity index (χ0v) is 7.35. The highest BCUT2D eigenvalue weighted by molar-refractivity contribution is 5.50. The SMILES string of the molecule is CNc1nnc(-c2ccon2)n1C. The van der Waals surface area contributed by atoms with Crippen LogP contribution < -0.4 is 5.32 Å². The molecule has 0 unspecified atom stereocenters. The molecule has 0 aliphatic heterocycles. The molecular weight excluding hydrogens is 170 g/mol. The third-order valence-electron chi connectivity index (χ3n) is 1.77. The summed E-state index contributed by atoms with van der Waals surface area (Å²) in [5.74, 6) is 1.37. The molecule has 0 aromatic carbocycles. The van der Waals surface area contributed by atoms with Crippen LogP contribution in [0.5, 0.6) is 0 Å². The Hall–Kier alpha value is -1.85. The van der Waals surface area contributed by atoms with Gasteiger partial charge in [-0.1, -0.05) is 5.16 Å². The molecule has 6 nitrogen and oxygen atoms in total. The lowest BCUT2D eigenvalue weighted by atomic mass is 10.4. The monoisotopic (exact) mass is 179 g/mol. The first kappa shape index (κ1) is 7.78. The number of aromatic nitrogens is 4. The minimum absolute atomic E-state index is 0.677. The molecule has 13 heavy (non-hydrogen) atoms. The summed E-state index contributed by atoms with van der Waals surface area (Å²) in [7, 11) is 3.65. The molecule has 0 fully saturated rings. The van der Waals surface area contributed by atoms with Gasteiger partial charge in [-0.15, -0.1) is 10.2 Å². The Morgan fingerprint density at radius 2 is 2.31 bits per heavy atom. The molecule has 0 spiro atoms. The molecule has 0 amide bonds. The summed E-state index contributed by atoms with van der Waals surface area (Å²) < 4.78 is 6.52. The Morgan fingerprint density at radius 1 is 1.46 bits per heavy atom. The Morgan fingerprint density at radius 3 is 2.85 bits per heavy atom. The highest BCUT2D eigenvalue weighted by Gasteiger charge is 2.11. The van der Waals surface area contributed by atoms with Crippen molar-refractivity contribution in [2.45, 2.75) is 0 Å². The van der Waals surface area contributed by atoms with E-state index < -0.39 is 0 Å². The summed E-state index contributed by atoms with van der Waals surface area (Å²) >= 11 is 0. The smallest absolute Gasteiger partial charge is 0.224 e. The van der Waals surface area contributed by atoms with E-state index in [0.717, 1.165) is 0 Å². The molecule has 2 rings (SSSR count). The fourth-order valence-electron chi connectivity index (χ4n) is 1.10. The summed E-state index contributed by atoms with van der Waals surface area (Å²) in [6.45, 7) is 0. The van der Waals surface area contributed by atoms with Crippen LogP contribution in [-0.4, -0.2) is 27.0 Å². The van der Waals surface area contributed by atoms with E-state index in [1.807, 2.05) is 7.05 Å². The van der Waals surface area contributed by atoms with Gasteiger partial charge in [-0.25, -0.2) is 0 Å². The molecule has 2 heterocycles. The summed E-state index contributed by atoms with van der Waals surface area (Å²) in [6.07, 6.45) is 1.50. The molecule has 0 radical (unpaired) electrons. The predicted octanol–water partition coefficient (Wildman–Crippen LogP) is 0.512. The van der Waals surface area contributed by atoms with Gasteiger partial charge in [0.1, 0.15) is 6.26 Å². The van der Waals surface area contributed by atoms with Crippen molar-refractivity contribution in [2.75, 3.05) is 12.4 Å². The van der Waals surface area contributed by atoms with Gasteiger partial charge in [0.15, 0.2) is 11.5 Å². The lowest BCUT2D eigenvalue weighted by Crippen LogP contribution is -1.99. The Labute approximate surface area is 74.6 Å². The van der Waals surface area contributed by atoms with Crippen molar-refractivity contribution in [1.29, 1.82) is 0 Å². The van der Waals surface area contributed by atoms with Gasteiger partial charge in [0.25, 0.3) is 0 Å². The van der Waals surface area contributed by atoms with Crippen LogP contribution in [0.15, 0.2) is 16.9 Å². The van der Waals surface area contributed by atoms with E-state index in [1.54, 1.807) is 17.7 Å². The maximum absolute atomic E-state index is 4.72. The summed E-state index contributed by atoms with van der Waals surface area (Å²) in [6, 6.07) is 1.74. The lowest BCUT2D eigenvalue weighted by molar-refractivity contribution is 0.421. The van der Waals surface area contributed by atoms with E-state index in [0.29, 0.717) is 17.5 Å². The fraction of sp³-hybridized carbons (Fsp3) is 0.286. The highest BCUT2D eigenvalue weighted by atomic mass is 16.5. The van der Waals surface area contributed by atoms with E-state index in [4.69, 9.17) is 4.52 Å². The predicted molar refractivity (Wildman–Crippen MR) is 46.0 cm³/mol. The molecule has 2 aromatic rings. The van der Waals surface area contributed by atoms with Gasteiger partial charge in [-0.2, -0.15) is 0 Å². The number of hydrogen-bond donors (Lipinski definition) is 1. The van der Waals surface area contributed by atoms with Crippen molar-refractivity contribution in [3.63, 3.8) is 0 Å². The minimum Gasteiger partial charge on any atom is -0.364 e. The first-order valence-electron chi connectivity index (χ1n) is 3.81. The van der Waals surface area contributed by atoms with Crippen LogP contribution in [0.4, 0.5) is 5.95 Å². The first-order valence-corrected chi connectivity index (χ1v) is 3.81. The molecule has 0 aliphatic carbocycles. The van der Waals surface area contributed by atoms with E-state index in [9.17, 15) is 0 Å². The number of anilines is 1. The molecule has 0 atom stereocenters. The highest BCUT2D eigenvalue weighted by Crippen LogP contribution is 2.15. The summed E-state index contributed by atoms with van der Waals surface area (Å²) in [5, 5.41) is 14.5. The maximum atomic E-state index is 4.72. The molecule has 1 N–H and O–H groups in total. The molecule has 6 heteroatoms. The lowest BCUT2D eigenvalue weighted by Gasteiger charge is -1.98. The molecule has 0 bridgehead atoms. The maximum Gasteiger partial charge on any atom is 0.224 e. The van der Waals surface area contributed by atoms with Gasteiger partial charge in [0.2, 0.25) is 5.95 Å². The quantitative estimate of drug-likeness (QED) is 0.727. The van der Waals surface area contributed by atoms with Gasteiger partial charge in [-0.05, 0) is 0 Å². The summed E-state index contributed by atoms with van der Waals surface area (Å²) in [5.41, 5.74) is 0.677. The summed E-state index contributed by atoms with van der Waals surface area (Å²) in [4.78, 5) is 0. The van der Waals surface area contributed by atoms with Crippen molar-refractivity contribution in [2.24, 2.45) is 7.05 Å². The van der Waals surface area contributed by atoms with E-state index in [-0.39, 0.29) is 0 Å². The van der Waals surface area contributed by atoms with Crippen molar-refractivity contribution in [3.05, 3.63) is 12.3 Å². The first-order chi connectivity index (χ1) is 6.33. The van der Waals surface area contributed by atoms with Crippen LogP contribution in [0.25, 0.3) is 11.5 Å². The van der Waals surface area contributed by atoms with Gasteiger partial charge in [0.05, 0.1) is 0 Å². The Kier molecular flexibility index (Phi) is 1.73. The van der Waals surface area contributed by atoms with Crippen LogP contribution in [0.3, 0.4) is 0 Å². The number of rotatable bonds is 2. The molecular formula is C7H9N5O. The van der Waals surface area contributed by atoms with Crippen molar-refractivity contribution in [1.82, 2.24) is 19.9 Å². The van der Waals surface area contributed by atoms with Crippen LogP contribution in [0.2, 0.25) is 0 Å². The van der Waals surface area contributed by atoms with Gasteiger partial charge < -0.3 is 9.84 Å². The Balaban J connectivity index is 2.48. The largest absolute Gasteiger partial charge is 0.364 e. The van der Waals surface area contributed by atoms with E-state index in [2.05, 4.69) is 20.7 Å². The minimum atomic E-state index is 0.677. The third kappa shape index (κ3) is 1.16. The van der Waals surface area contributed by atoms with Crippen molar-refractivity contribution < 1.29 is 4.52 Å². The van der Waals surface area contributed by atoms with Crippen LogP contribution in [-0.2, 0) is 7.05 Å². The zero-order valence-electron chi connectivity index (χ0n) is 7.35. The standard InChI is InChI=1S/C7H9N5O/c1-8-7-10-9-6(12(7)2)5-3-4-13-11-5/h3-4H,1-2H3,(H,8,10). The molecule has 0 saturated carbocycles. The molecule has 2 aromatic heterocycles. The van der Waals surface area contributed by atoms with Crippen LogP contribution in [0.1, 0.15) is 0 Å². The normalized spacial score (nSPS) is 10.3. The molecule has 0 saturated heterocycles. The molecule has 0 aliphatic rings. The van der Waals surface area contributed by atoms with Gasteiger partial charge in [0, 0.05) is 20.2 Å². The average Bonchev–Trinajstić information content (AvgIpc) is 2.72. The van der Waals surface area contributed by atoms with Gasteiger partial charge >= 0.3 is 0 Å². The van der Waals surface area contributed by atoms with Crippen LogP contribution >= 0.6 is 0 Å².